The van der Waals surface area contributed by atoms with Crippen LogP contribution in [0.5, 0.6) is 0 Å². The second kappa shape index (κ2) is 8.70. The summed E-state index contributed by atoms with van der Waals surface area (Å²) in [6, 6.07) is 15.9. The van der Waals surface area contributed by atoms with Crippen molar-refractivity contribution in [2.24, 2.45) is 0 Å². The third kappa shape index (κ3) is 4.02. The zero-order valence-electron chi connectivity index (χ0n) is 14.8. The Bertz CT molecular complexity index is 999. The molecule has 2 aromatic carbocycles. The van der Waals surface area contributed by atoms with Gasteiger partial charge in [-0.05, 0) is 42.3 Å². The lowest BCUT2D eigenvalue weighted by Crippen LogP contribution is -2.31. The van der Waals surface area contributed by atoms with Crippen molar-refractivity contribution in [1.82, 2.24) is 5.32 Å². The molecule has 1 N–H and O–H groups in total. The number of nitrogens with one attached hydrogen (secondary N) is 1. The highest BCUT2D eigenvalue weighted by atomic mass is 35.5. The summed E-state index contributed by atoms with van der Waals surface area (Å²) in [7, 11) is 1.44. The molecule has 1 fully saturated rings. The van der Waals surface area contributed by atoms with E-state index >= 15 is 0 Å². The molecule has 5 nitrogen and oxygen atoms in total. The van der Waals surface area contributed by atoms with Crippen LogP contribution in [0.25, 0.3) is 0 Å². The molecule has 1 aliphatic rings. The molecular weight excluding hydrogens is 417 g/mol. The maximum absolute atomic E-state index is 13.2. The van der Waals surface area contributed by atoms with Gasteiger partial charge in [0.05, 0.1) is 5.25 Å². The topological polar surface area (TPSA) is 73.2 Å². The van der Waals surface area contributed by atoms with Gasteiger partial charge >= 0.3 is 0 Å². The minimum Gasteiger partial charge on any atom is -0.354 e. The van der Waals surface area contributed by atoms with Gasteiger partial charge in [-0.25, -0.2) is 0 Å². The molecule has 0 unspecified atom stereocenters. The molecule has 1 aliphatic heterocycles. The van der Waals surface area contributed by atoms with Crippen molar-refractivity contribution in [2.75, 3.05) is 11.9 Å². The number of likely N-dealkylation sites (N-methyl/N-ethyl adjacent to an activating group) is 1. The Balaban J connectivity index is 2.06. The molecule has 2 amide bonds. The van der Waals surface area contributed by atoms with Gasteiger partial charge in [0.25, 0.3) is 5.91 Å². The molecule has 1 saturated heterocycles. The number of carbonyl (C=O) groups excluding carboxylic acids is 2. The van der Waals surface area contributed by atoms with Crippen LogP contribution in [0.4, 0.5) is 5.69 Å². The van der Waals surface area contributed by atoms with Crippen LogP contribution in [0.2, 0.25) is 10.0 Å². The predicted molar refractivity (Wildman–Crippen MR) is 112 cm³/mol. The van der Waals surface area contributed by atoms with E-state index in [4.69, 9.17) is 23.2 Å². The normalized spacial score (nSPS) is 18.0. The van der Waals surface area contributed by atoms with Crippen LogP contribution in [0, 0.1) is 11.3 Å². The third-order valence-corrected chi connectivity index (χ3v) is 6.06. The minimum absolute atomic E-state index is 0.113. The highest BCUT2D eigenvalue weighted by Crippen LogP contribution is 2.42. The highest BCUT2D eigenvalue weighted by molar-refractivity contribution is 8.05. The second-order valence-electron chi connectivity index (χ2n) is 5.92. The molecule has 0 bridgehead atoms. The van der Waals surface area contributed by atoms with Gasteiger partial charge in [-0.2, -0.15) is 5.26 Å². The van der Waals surface area contributed by atoms with Crippen LogP contribution in [0.1, 0.15) is 5.56 Å². The number of anilines is 1. The molecule has 3 rings (SSSR count). The van der Waals surface area contributed by atoms with Crippen molar-refractivity contribution in [2.45, 2.75) is 11.7 Å². The van der Waals surface area contributed by atoms with Gasteiger partial charge in [0.1, 0.15) is 16.7 Å². The third-order valence-electron chi connectivity index (χ3n) is 4.18. The van der Waals surface area contributed by atoms with Gasteiger partial charge in [0.15, 0.2) is 0 Å². The number of thioether (sulfide) groups is 1. The van der Waals surface area contributed by atoms with E-state index in [-0.39, 0.29) is 11.5 Å². The van der Waals surface area contributed by atoms with Crippen molar-refractivity contribution >= 4 is 52.5 Å². The number of nitriles is 1. The van der Waals surface area contributed by atoms with Crippen LogP contribution < -0.4 is 10.2 Å². The number of rotatable bonds is 4. The van der Waals surface area contributed by atoms with E-state index in [1.54, 1.807) is 30.3 Å². The molecule has 1 atom stereocenters. The molecule has 28 heavy (non-hydrogen) atoms. The van der Waals surface area contributed by atoms with Crippen molar-refractivity contribution in [3.8, 4) is 6.07 Å². The molecule has 8 heteroatoms. The monoisotopic (exact) mass is 431 g/mol. The molecule has 142 valence electrons. The van der Waals surface area contributed by atoms with Crippen molar-refractivity contribution < 1.29 is 9.59 Å². The fraction of sp³-hybridized carbons (Fsp3) is 0.150. The standard InChI is InChI=1S/C20H15Cl2N3O2S/c1-24-18(26)15(11-23)20-25(14-8-6-13(21)7-9-14)19(27)17(28-20)10-12-4-2-3-5-16(12)22/h2-9,17H,10H2,1H3,(H,24,26)/b20-15-/t17-/m0/s1. The Morgan fingerprint density at radius 1 is 1.21 bits per heavy atom. The SMILES string of the molecule is CNC(=O)/C(C#N)=C1\S[C@@H](Cc2ccccc2Cl)C(=O)N1c1ccc(Cl)cc1. The summed E-state index contributed by atoms with van der Waals surface area (Å²) >= 11 is 13.4. The summed E-state index contributed by atoms with van der Waals surface area (Å²) in [5.41, 5.74) is 1.25. The number of hydrogen-bond donors (Lipinski definition) is 1. The number of halogens is 2. The second-order valence-corrected chi connectivity index (χ2v) is 7.96. The largest absolute Gasteiger partial charge is 0.354 e. The van der Waals surface area contributed by atoms with E-state index in [0.717, 1.165) is 5.56 Å². The minimum atomic E-state index is -0.546. The van der Waals surface area contributed by atoms with Crippen molar-refractivity contribution in [3.63, 3.8) is 0 Å². The van der Waals surface area contributed by atoms with E-state index in [9.17, 15) is 14.9 Å². The Morgan fingerprint density at radius 2 is 1.89 bits per heavy atom. The molecule has 0 radical (unpaired) electrons. The van der Waals surface area contributed by atoms with Crippen LogP contribution >= 0.6 is 35.0 Å². The lowest BCUT2D eigenvalue weighted by Gasteiger charge is -2.18. The van der Waals surface area contributed by atoms with Crippen LogP contribution in [-0.4, -0.2) is 24.1 Å². The molecule has 0 spiro atoms. The number of hydrogen-bond acceptors (Lipinski definition) is 4. The number of carbonyl (C=O) groups is 2. The van der Waals surface area contributed by atoms with Crippen LogP contribution in [-0.2, 0) is 16.0 Å². The summed E-state index contributed by atoms with van der Waals surface area (Å²) in [6.07, 6.45) is 0.378. The maximum Gasteiger partial charge on any atom is 0.264 e. The van der Waals surface area contributed by atoms with E-state index in [1.165, 1.54) is 23.7 Å². The summed E-state index contributed by atoms with van der Waals surface area (Å²) in [6.45, 7) is 0. The Labute approximate surface area is 176 Å². The van der Waals surface area contributed by atoms with Gasteiger partial charge < -0.3 is 5.32 Å². The number of nitrogens with zero attached hydrogens (tertiary/aromatic N) is 2. The average Bonchev–Trinajstić information content (AvgIpc) is 3.01. The summed E-state index contributed by atoms with van der Waals surface area (Å²) < 4.78 is 0. The average molecular weight is 432 g/mol. The zero-order valence-corrected chi connectivity index (χ0v) is 17.1. The molecule has 0 aromatic heterocycles. The first-order valence-corrected chi connectivity index (χ1v) is 9.96. The van der Waals surface area contributed by atoms with Gasteiger partial charge in [0.2, 0.25) is 5.91 Å². The van der Waals surface area contributed by atoms with E-state index < -0.39 is 11.2 Å². The highest BCUT2D eigenvalue weighted by Gasteiger charge is 2.40. The van der Waals surface area contributed by atoms with E-state index in [2.05, 4.69) is 5.32 Å². The quantitative estimate of drug-likeness (QED) is 0.582. The Morgan fingerprint density at radius 3 is 2.50 bits per heavy atom. The van der Waals surface area contributed by atoms with Crippen molar-refractivity contribution in [1.29, 1.82) is 5.26 Å². The summed E-state index contributed by atoms with van der Waals surface area (Å²) in [4.78, 5) is 26.8. The van der Waals surface area contributed by atoms with Gasteiger partial charge in [-0.1, -0.05) is 53.2 Å². The first-order valence-electron chi connectivity index (χ1n) is 8.32. The van der Waals surface area contributed by atoms with Crippen molar-refractivity contribution in [3.05, 3.63) is 74.7 Å². The lowest BCUT2D eigenvalue weighted by atomic mass is 10.1. The molecule has 0 aliphatic carbocycles. The van der Waals surface area contributed by atoms with Gasteiger partial charge in [-0.15, -0.1) is 0 Å². The van der Waals surface area contributed by atoms with Gasteiger partial charge in [-0.3, -0.25) is 14.5 Å². The molecule has 1 heterocycles. The predicted octanol–water partition coefficient (Wildman–Crippen LogP) is 4.17. The van der Waals surface area contributed by atoms with Crippen LogP contribution in [0.3, 0.4) is 0 Å². The number of amides is 2. The number of benzene rings is 2. The Hall–Kier alpha value is -2.46. The Kier molecular flexibility index (Phi) is 6.30. The first-order chi connectivity index (χ1) is 13.5. The molecule has 2 aromatic rings. The van der Waals surface area contributed by atoms with Gasteiger partial charge in [0, 0.05) is 22.8 Å². The first kappa shape index (κ1) is 20.3. The fourth-order valence-corrected chi connectivity index (χ4v) is 4.44. The van der Waals surface area contributed by atoms with E-state index in [1.807, 2.05) is 24.3 Å². The van der Waals surface area contributed by atoms with E-state index in [0.29, 0.717) is 27.2 Å². The lowest BCUT2D eigenvalue weighted by molar-refractivity contribution is -0.117. The fourth-order valence-electron chi connectivity index (χ4n) is 2.80. The molecular formula is C20H15Cl2N3O2S. The summed E-state index contributed by atoms with van der Waals surface area (Å²) in [5.74, 6) is -0.769. The maximum atomic E-state index is 13.2. The molecule has 0 saturated carbocycles. The smallest absolute Gasteiger partial charge is 0.264 e. The van der Waals surface area contributed by atoms with Crippen LogP contribution in [0.15, 0.2) is 59.1 Å². The zero-order chi connectivity index (χ0) is 20.3. The summed E-state index contributed by atoms with van der Waals surface area (Å²) in [5, 5.41) is 12.9.